The van der Waals surface area contributed by atoms with Gasteiger partial charge in [-0.05, 0) is 48.9 Å². The van der Waals surface area contributed by atoms with Gasteiger partial charge in [-0.1, -0.05) is 29.8 Å². The summed E-state index contributed by atoms with van der Waals surface area (Å²) in [6.45, 7) is 4.81. The van der Waals surface area contributed by atoms with Gasteiger partial charge in [-0.2, -0.15) is 0 Å². The molecule has 3 aromatic carbocycles. The van der Waals surface area contributed by atoms with Crippen LogP contribution in [0.5, 0.6) is 0 Å². The molecular formula is C24H24ClN5O3. The van der Waals surface area contributed by atoms with Gasteiger partial charge in [0, 0.05) is 48.6 Å². The summed E-state index contributed by atoms with van der Waals surface area (Å²) in [5, 5.41) is 21.6. The van der Waals surface area contributed by atoms with Gasteiger partial charge in [-0.3, -0.25) is 14.9 Å². The molecule has 0 bridgehead atoms. The van der Waals surface area contributed by atoms with Gasteiger partial charge in [-0.15, -0.1) is 0 Å². The first-order valence-electron chi connectivity index (χ1n) is 10.6. The summed E-state index contributed by atoms with van der Waals surface area (Å²) in [5.74, 6) is -0.373. The molecule has 1 aliphatic heterocycles. The Kier molecular flexibility index (Phi) is 6.76. The van der Waals surface area contributed by atoms with E-state index >= 15 is 0 Å². The molecule has 3 aromatic rings. The molecule has 1 fully saturated rings. The number of piperazine rings is 1. The molecule has 1 amide bonds. The molecule has 8 nitrogen and oxygen atoms in total. The predicted molar refractivity (Wildman–Crippen MR) is 132 cm³/mol. The molecule has 0 spiro atoms. The van der Waals surface area contributed by atoms with Crippen LogP contribution in [0.15, 0.2) is 60.7 Å². The summed E-state index contributed by atoms with van der Waals surface area (Å²) in [4.78, 5) is 26.4. The Morgan fingerprint density at radius 3 is 2.55 bits per heavy atom. The van der Waals surface area contributed by atoms with Crippen molar-refractivity contribution in [2.75, 3.05) is 41.7 Å². The quantitative estimate of drug-likeness (QED) is 0.351. The van der Waals surface area contributed by atoms with Crippen LogP contribution >= 0.6 is 11.6 Å². The Labute approximate surface area is 196 Å². The van der Waals surface area contributed by atoms with Gasteiger partial charge < -0.3 is 20.9 Å². The standard InChI is InChI=1S/C24H24ClN5O3/c1-16-19(25)6-4-8-20(16)28-21-7-3-2-5-18(21)24(31)27-17-9-10-22(23(15-17)30(32)33)29-13-11-26-12-14-29/h2-10,15,26,28H,11-14H2,1H3,(H,27,31). The average molecular weight is 466 g/mol. The lowest BCUT2D eigenvalue weighted by Crippen LogP contribution is -2.43. The second-order valence-electron chi connectivity index (χ2n) is 7.73. The van der Waals surface area contributed by atoms with Crippen molar-refractivity contribution in [2.45, 2.75) is 6.92 Å². The molecule has 0 unspecified atom stereocenters. The topological polar surface area (TPSA) is 99.5 Å². The molecule has 0 aromatic heterocycles. The molecule has 0 atom stereocenters. The number of halogens is 1. The first-order valence-corrected chi connectivity index (χ1v) is 11.0. The van der Waals surface area contributed by atoms with E-state index in [0.717, 1.165) is 24.3 Å². The summed E-state index contributed by atoms with van der Waals surface area (Å²) < 4.78 is 0. The summed E-state index contributed by atoms with van der Waals surface area (Å²) in [5.41, 5.74) is 3.55. The number of amides is 1. The Bertz CT molecular complexity index is 1190. The summed E-state index contributed by atoms with van der Waals surface area (Å²) >= 11 is 6.22. The van der Waals surface area contributed by atoms with Crippen LogP contribution in [0, 0.1) is 17.0 Å². The van der Waals surface area contributed by atoms with Gasteiger partial charge in [0.05, 0.1) is 16.2 Å². The van der Waals surface area contributed by atoms with Gasteiger partial charge in [0.1, 0.15) is 5.69 Å². The highest BCUT2D eigenvalue weighted by atomic mass is 35.5. The molecule has 170 valence electrons. The van der Waals surface area contributed by atoms with E-state index in [2.05, 4.69) is 16.0 Å². The van der Waals surface area contributed by atoms with Crippen LogP contribution in [-0.4, -0.2) is 37.0 Å². The number of carbonyl (C=O) groups is 1. The number of hydrogen-bond acceptors (Lipinski definition) is 6. The molecule has 0 aliphatic carbocycles. The molecule has 1 aliphatic rings. The number of nitrogens with zero attached hydrogens (tertiary/aromatic N) is 2. The molecule has 1 heterocycles. The number of benzene rings is 3. The zero-order valence-electron chi connectivity index (χ0n) is 18.1. The number of nitrogens with one attached hydrogen (secondary N) is 3. The van der Waals surface area contributed by atoms with Gasteiger partial charge in [0.25, 0.3) is 11.6 Å². The van der Waals surface area contributed by atoms with E-state index in [1.807, 2.05) is 30.0 Å². The lowest BCUT2D eigenvalue weighted by atomic mass is 10.1. The third kappa shape index (κ3) is 5.08. The lowest BCUT2D eigenvalue weighted by molar-refractivity contribution is -0.384. The van der Waals surface area contributed by atoms with Crippen LogP contribution in [0.1, 0.15) is 15.9 Å². The first-order chi connectivity index (χ1) is 15.9. The third-order valence-corrected chi connectivity index (χ3v) is 6.01. The van der Waals surface area contributed by atoms with Gasteiger partial charge in [0.2, 0.25) is 0 Å². The van der Waals surface area contributed by atoms with E-state index < -0.39 is 4.92 Å². The van der Waals surface area contributed by atoms with E-state index in [1.54, 1.807) is 36.4 Å². The van der Waals surface area contributed by atoms with E-state index in [1.165, 1.54) is 6.07 Å². The number of carbonyl (C=O) groups excluding carboxylic acids is 1. The van der Waals surface area contributed by atoms with Crippen molar-refractivity contribution < 1.29 is 9.72 Å². The molecule has 9 heteroatoms. The predicted octanol–water partition coefficient (Wildman–Crippen LogP) is 4.96. The van der Waals surface area contributed by atoms with Crippen LogP contribution in [-0.2, 0) is 0 Å². The van der Waals surface area contributed by atoms with Gasteiger partial charge in [-0.25, -0.2) is 0 Å². The Hall–Kier alpha value is -3.62. The maximum atomic E-state index is 13.1. The van der Waals surface area contributed by atoms with Crippen LogP contribution in [0.4, 0.5) is 28.4 Å². The first kappa shape index (κ1) is 22.6. The van der Waals surface area contributed by atoms with Crippen LogP contribution < -0.4 is 20.9 Å². The maximum Gasteiger partial charge on any atom is 0.294 e. The van der Waals surface area contributed by atoms with E-state index in [9.17, 15) is 14.9 Å². The van der Waals surface area contributed by atoms with Crippen molar-refractivity contribution in [3.05, 3.63) is 86.9 Å². The van der Waals surface area contributed by atoms with E-state index in [4.69, 9.17) is 11.6 Å². The number of para-hydroxylation sites is 1. The molecule has 3 N–H and O–H groups in total. The van der Waals surface area contributed by atoms with Gasteiger partial charge in [0.15, 0.2) is 0 Å². The molecular weight excluding hydrogens is 442 g/mol. The average Bonchev–Trinajstić information content (AvgIpc) is 2.83. The molecule has 0 saturated carbocycles. The smallest absolute Gasteiger partial charge is 0.294 e. The van der Waals surface area contributed by atoms with Crippen molar-refractivity contribution in [1.29, 1.82) is 0 Å². The monoisotopic (exact) mass is 465 g/mol. The van der Waals surface area contributed by atoms with Crippen LogP contribution in [0.3, 0.4) is 0 Å². The fourth-order valence-electron chi connectivity index (χ4n) is 3.80. The SMILES string of the molecule is Cc1c(Cl)cccc1Nc1ccccc1C(=O)Nc1ccc(N2CCNCC2)c([N+](=O)[O-])c1. The van der Waals surface area contributed by atoms with Crippen LogP contribution in [0.25, 0.3) is 0 Å². The van der Waals surface area contributed by atoms with Crippen molar-refractivity contribution >= 4 is 45.9 Å². The zero-order chi connectivity index (χ0) is 23.4. The van der Waals surface area contributed by atoms with Crippen molar-refractivity contribution in [2.24, 2.45) is 0 Å². The lowest BCUT2D eigenvalue weighted by Gasteiger charge is -2.29. The minimum Gasteiger partial charge on any atom is -0.363 e. The number of rotatable bonds is 6. The van der Waals surface area contributed by atoms with Crippen molar-refractivity contribution in [3.63, 3.8) is 0 Å². The minimum atomic E-state index is -0.412. The van der Waals surface area contributed by atoms with Gasteiger partial charge >= 0.3 is 0 Å². The van der Waals surface area contributed by atoms with Crippen molar-refractivity contribution in [1.82, 2.24) is 5.32 Å². The highest BCUT2D eigenvalue weighted by molar-refractivity contribution is 6.31. The largest absolute Gasteiger partial charge is 0.363 e. The summed E-state index contributed by atoms with van der Waals surface area (Å²) in [7, 11) is 0. The fourth-order valence-corrected chi connectivity index (χ4v) is 3.97. The molecule has 33 heavy (non-hydrogen) atoms. The number of anilines is 4. The number of hydrogen-bond donors (Lipinski definition) is 3. The zero-order valence-corrected chi connectivity index (χ0v) is 18.9. The van der Waals surface area contributed by atoms with E-state index in [-0.39, 0.29) is 11.6 Å². The Morgan fingerprint density at radius 2 is 1.79 bits per heavy atom. The Morgan fingerprint density at radius 1 is 1.06 bits per heavy atom. The Balaban J connectivity index is 1.58. The number of nitro benzene ring substituents is 1. The fraction of sp³-hybridized carbons (Fsp3) is 0.208. The second kappa shape index (κ2) is 9.89. The van der Waals surface area contributed by atoms with E-state index in [0.29, 0.717) is 40.7 Å². The molecule has 1 saturated heterocycles. The van der Waals surface area contributed by atoms with Crippen LogP contribution in [0.2, 0.25) is 5.02 Å². The highest BCUT2D eigenvalue weighted by Crippen LogP contribution is 2.32. The summed E-state index contributed by atoms with van der Waals surface area (Å²) in [6.07, 6.45) is 0. The number of nitro groups is 1. The second-order valence-corrected chi connectivity index (χ2v) is 8.14. The third-order valence-electron chi connectivity index (χ3n) is 5.60. The molecule has 0 radical (unpaired) electrons. The maximum absolute atomic E-state index is 13.1. The normalized spacial score (nSPS) is 13.5. The summed E-state index contributed by atoms with van der Waals surface area (Å²) in [6, 6.07) is 17.4. The highest BCUT2D eigenvalue weighted by Gasteiger charge is 2.22. The minimum absolute atomic E-state index is 0.0318. The molecule has 4 rings (SSSR count). The van der Waals surface area contributed by atoms with Crippen molar-refractivity contribution in [3.8, 4) is 0 Å².